The van der Waals surface area contributed by atoms with Gasteiger partial charge in [0.2, 0.25) is 0 Å². The van der Waals surface area contributed by atoms with E-state index in [1.807, 2.05) is 19.4 Å². The first-order valence-electron chi connectivity index (χ1n) is 6.43. The Morgan fingerprint density at radius 1 is 1.24 bits per heavy atom. The van der Waals surface area contributed by atoms with Crippen LogP contribution in [0.2, 0.25) is 11.6 Å². The zero-order chi connectivity index (χ0) is 12.9. The summed E-state index contributed by atoms with van der Waals surface area (Å²) in [4.78, 5) is 4.63. The van der Waals surface area contributed by atoms with Crippen LogP contribution < -0.4 is 5.32 Å². The highest BCUT2D eigenvalue weighted by Crippen LogP contribution is 2.28. The third-order valence-corrected chi connectivity index (χ3v) is 9.33. The number of ether oxygens (including phenoxy) is 1. The fourth-order valence-electron chi connectivity index (χ4n) is 2.58. The fraction of sp³-hybridized carbons (Fsp3) is 0.643. The number of hydrogen-bond donors (Lipinski definition) is 0. The Kier molecular flexibility index (Phi) is 5.34. The fourth-order valence-corrected chi connectivity index (χ4v) is 7.18. The molecule has 1 aromatic rings. The summed E-state index contributed by atoms with van der Waals surface area (Å²) in [5.41, 5.74) is 0.653. The molecule has 0 amide bonds. The molecule has 0 aliphatic rings. The van der Waals surface area contributed by atoms with E-state index < -0.39 is 8.07 Å². The molecule has 96 valence electrons. The van der Waals surface area contributed by atoms with Gasteiger partial charge in [0.05, 0.1) is 0 Å². The molecule has 0 N–H and O–H groups in total. The molecule has 0 bridgehead atoms. The molecule has 1 heterocycles. The average Bonchev–Trinajstić information content (AvgIpc) is 2.28. The van der Waals surface area contributed by atoms with Crippen LogP contribution in [0, 0.1) is 5.92 Å². The Morgan fingerprint density at radius 3 is 2.35 bits per heavy atom. The molecule has 0 saturated carbocycles. The van der Waals surface area contributed by atoms with Crippen molar-refractivity contribution in [1.82, 2.24) is 4.98 Å². The van der Waals surface area contributed by atoms with Gasteiger partial charge < -0.3 is 4.74 Å². The number of rotatable bonds is 6. The number of pyridine rings is 1. The number of methoxy groups -OCH3 is 1. The molecule has 0 fully saturated rings. The first-order valence-corrected chi connectivity index (χ1v) is 8.92. The van der Waals surface area contributed by atoms with Crippen LogP contribution in [0.3, 0.4) is 0 Å². The van der Waals surface area contributed by atoms with Gasteiger partial charge in [-0.2, -0.15) is 0 Å². The molecule has 1 aromatic heterocycles. The lowest BCUT2D eigenvalue weighted by molar-refractivity contribution is 0.244. The third kappa shape index (κ3) is 3.39. The highest BCUT2D eigenvalue weighted by Gasteiger charge is 2.40. The Hall–Kier alpha value is -0.673. The van der Waals surface area contributed by atoms with E-state index in [1.54, 1.807) is 0 Å². The molecule has 0 saturated heterocycles. The molecule has 0 radical (unpaired) electrons. The van der Waals surface area contributed by atoms with Crippen LogP contribution >= 0.6 is 0 Å². The number of nitrogens with zero attached hydrogens (tertiary/aromatic N) is 1. The topological polar surface area (TPSA) is 22.1 Å². The van der Waals surface area contributed by atoms with Gasteiger partial charge >= 0.3 is 0 Å². The standard InChI is InChI=1S/C14H25NOSi/c1-12(2)10-17(11-16-5,13(3)4)14-8-6-7-9-15-14/h6-9,12-13H,10-11H2,1-5H3. The maximum Gasteiger partial charge on any atom is 0.141 e. The monoisotopic (exact) mass is 251 g/mol. The normalized spacial score (nSPS) is 15.2. The molecule has 0 aliphatic heterocycles. The number of aromatic nitrogens is 1. The predicted octanol–water partition coefficient (Wildman–Crippen LogP) is 2.99. The lowest BCUT2D eigenvalue weighted by Crippen LogP contribution is -2.56. The molecule has 1 rings (SSSR count). The molecule has 0 aliphatic carbocycles. The van der Waals surface area contributed by atoms with Crippen LogP contribution in [-0.4, -0.2) is 26.4 Å². The van der Waals surface area contributed by atoms with Crippen molar-refractivity contribution in [2.75, 3.05) is 13.3 Å². The Bertz CT molecular complexity index is 326. The lowest BCUT2D eigenvalue weighted by Gasteiger charge is -2.35. The molecular weight excluding hydrogens is 226 g/mol. The van der Waals surface area contributed by atoms with Gasteiger partial charge in [-0.15, -0.1) is 0 Å². The summed E-state index contributed by atoms with van der Waals surface area (Å²) in [5, 5.41) is 1.30. The first kappa shape index (κ1) is 14.4. The minimum absolute atomic E-state index is 0.653. The molecule has 2 nitrogen and oxygen atoms in total. The van der Waals surface area contributed by atoms with E-state index in [0.29, 0.717) is 11.5 Å². The molecule has 17 heavy (non-hydrogen) atoms. The van der Waals surface area contributed by atoms with Crippen LogP contribution in [0.15, 0.2) is 24.4 Å². The van der Waals surface area contributed by atoms with Crippen LogP contribution in [-0.2, 0) is 4.74 Å². The second-order valence-electron chi connectivity index (χ2n) is 5.56. The van der Waals surface area contributed by atoms with Crippen LogP contribution in [0.1, 0.15) is 27.7 Å². The van der Waals surface area contributed by atoms with Crippen molar-refractivity contribution < 1.29 is 4.74 Å². The van der Waals surface area contributed by atoms with Crippen molar-refractivity contribution in [2.24, 2.45) is 5.92 Å². The Morgan fingerprint density at radius 2 is 1.94 bits per heavy atom. The van der Waals surface area contributed by atoms with Crippen molar-refractivity contribution in [1.29, 1.82) is 0 Å². The predicted molar refractivity (Wildman–Crippen MR) is 76.2 cm³/mol. The maximum absolute atomic E-state index is 5.55. The van der Waals surface area contributed by atoms with Gasteiger partial charge in [0.25, 0.3) is 0 Å². The summed E-state index contributed by atoms with van der Waals surface area (Å²) in [7, 11) is 0.167. The van der Waals surface area contributed by atoms with E-state index in [-0.39, 0.29) is 0 Å². The zero-order valence-corrected chi connectivity index (χ0v) is 12.7. The second kappa shape index (κ2) is 6.31. The molecule has 3 heteroatoms. The van der Waals surface area contributed by atoms with Crippen molar-refractivity contribution in [2.45, 2.75) is 39.3 Å². The van der Waals surface area contributed by atoms with Crippen LogP contribution in [0.5, 0.6) is 0 Å². The van der Waals surface area contributed by atoms with Gasteiger partial charge in [-0.3, -0.25) is 4.98 Å². The number of hydrogen-bond acceptors (Lipinski definition) is 2. The molecule has 1 unspecified atom stereocenters. The van der Waals surface area contributed by atoms with Gasteiger partial charge in [-0.05, 0) is 29.6 Å². The van der Waals surface area contributed by atoms with E-state index in [0.717, 1.165) is 6.23 Å². The summed E-state index contributed by atoms with van der Waals surface area (Å²) in [6.45, 7) is 9.23. The molecular formula is C14H25NOSi. The minimum Gasteiger partial charge on any atom is -0.387 e. The summed E-state index contributed by atoms with van der Waals surface area (Å²) in [5.74, 6) is 0.696. The third-order valence-electron chi connectivity index (χ3n) is 3.45. The quantitative estimate of drug-likeness (QED) is 0.725. The summed E-state index contributed by atoms with van der Waals surface area (Å²) >= 11 is 0. The summed E-state index contributed by atoms with van der Waals surface area (Å²) in [6, 6.07) is 7.52. The zero-order valence-electron chi connectivity index (χ0n) is 11.7. The van der Waals surface area contributed by atoms with E-state index >= 15 is 0 Å². The average molecular weight is 251 g/mol. The van der Waals surface area contributed by atoms with Gasteiger partial charge in [0.15, 0.2) is 0 Å². The van der Waals surface area contributed by atoms with E-state index in [4.69, 9.17) is 4.74 Å². The molecule has 0 aromatic carbocycles. The second-order valence-corrected chi connectivity index (χ2v) is 10.2. The summed E-state index contributed by atoms with van der Waals surface area (Å²) in [6.07, 6.45) is 2.79. The molecule has 1 atom stereocenters. The maximum atomic E-state index is 5.55. The van der Waals surface area contributed by atoms with Crippen LogP contribution in [0.4, 0.5) is 0 Å². The van der Waals surface area contributed by atoms with Crippen molar-refractivity contribution in [3.05, 3.63) is 24.4 Å². The Balaban J connectivity index is 3.14. The van der Waals surface area contributed by atoms with E-state index in [2.05, 4.69) is 44.8 Å². The summed E-state index contributed by atoms with van der Waals surface area (Å²) < 4.78 is 5.55. The van der Waals surface area contributed by atoms with Crippen molar-refractivity contribution in [3.63, 3.8) is 0 Å². The van der Waals surface area contributed by atoms with Crippen molar-refractivity contribution in [3.8, 4) is 0 Å². The molecule has 0 spiro atoms. The minimum atomic E-state index is -1.65. The van der Waals surface area contributed by atoms with E-state index in [1.165, 1.54) is 11.4 Å². The highest BCUT2D eigenvalue weighted by atomic mass is 28.3. The van der Waals surface area contributed by atoms with Crippen LogP contribution in [0.25, 0.3) is 0 Å². The van der Waals surface area contributed by atoms with Gasteiger partial charge in [0.1, 0.15) is 8.07 Å². The van der Waals surface area contributed by atoms with E-state index in [9.17, 15) is 0 Å². The SMILES string of the molecule is COC[Si](CC(C)C)(c1ccccn1)C(C)C. The largest absolute Gasteiger partial charge is 0.387 e. The Labute approximate surface area is 106 Å². The van der Waals surface area contributed by atoms with Gasteiger partial charge in [-0.25, -0.2) is 0 Å². The highest BCUT2D eigenvalue weighted by molar-refractivity contribution is 6.92. The lowest BCUT2D eigenvalue weighted by atomic mass is 10.3. The van der Waals surface area contributed by atoms with Crippen molar-refractivity contribution >= 4 is 13.4 Å². The van der Waals surface area contributed by atoms with Gasteiger partial charge in [0, 0.05) is 24.9 Å². The first-order chi connectivity index (χ1) is 8.03. The van der Waals surface area contributed by atoms with Gasteiger partial charge in [-0.1, -0.05) is 33.8 Å². The smallest absolute Gasteiger partial charge is 0.141 e.